The summed E-state index contributed by atoms with van der Waals surface area (Å²) in [6.45, 7) is 1.83. The van der Waals surface area contributed by atoms with Crippen LogP contribution in [0.5, 0.6) is 0 Å². The van der Waals surface area contributed by atoms with E-state index in [1.807, 2.05) is 5.32 Å². The van der Waals surface area contributed by atoms with Crippen LogP contribution in [0, 0.1) is 0 Å². The third kappa shape index (κ3) is 2.05. The number of nitrogens with one attached hydrogen (secondary N) is 1. The molecule has 14 heavy (non-hydrogen) atoms. The molecular formula is C8H8ClNO4. The molecule has 1 aliphatic rings. The number of carbonyl (C=O) groups excluding carboxylic acids is 2. The Kier molecular flexibility index (Phi) is 3.14. The van der Waals surface area contributed by atoms with E-state index in [0.717, 1.165) is 6.08 Å². The second kappa shape index (κ2) is 4.15. The molecule has 1 aliphatic heterocycles. The van der Waals surface area contributed by atoms with Gasteiger partial charge in [-0.3, -0.25) is 14.9 Å². The molecule has 2 N–H and O–H groups in total. The molecule has 76 valence electrons. The molecule has 1 rings (SSSR count). The van der Waals surface area contributed by atoms with E-state index in [9.17, 15) is 14.7 Å². The van der Waals surface area contributed by atoms with Crippen molar-refractivity contribution in [3.63, 3.8) is 0 Å². The lowest BCUT2D eigenvalue weighted by molar-refractivity contribution is -0.126. The van der Waals surface area contributed by atoms with Crippen molar-refractivity contribution in [1.82, 2.24) is 5.32 Å². The second-order valence-corrected chi connectivity index (χ2v) is 2.83. The summed E-state index contributed by atoms with van der Waals surface area (Å²) in [5.74, 6) is -1.97. The monoisotopic (exact) mass is 217 g/mol. The number of aliphatic hydroxyl groups excluding tert-OH is 1. The zero-order chi connectivity index (χ0) is 10.7. The van der Waals surface area contributed by atoms with Gasteiger partial charge >= 0.3 is 0 Å². The average molecular weight is 218 g/mol. The van der Waals surface area contributed by atoms with Crippen LogP contribution in [0.1, 0.15) is 6.92 Å². The fraction of sp³-hybridized carbons (Fsp3) is 0.250. The summed E-state index contributed by atoms with van der Waals surface area (Å²) in [4.78, 5) is 21.9. The lowest BCUT2D eigenvalue weighted by Gasteiger charge is -2.12. The van der Waals surface area contributed by atoms with Gasteiger partial charge in [-0.05, 0) is 6.92 Å². The van der Waals surface area contributed by atoms with Gasteiger partial charge in [-0.1, -0.05) is 11.6 Å². The Labute approximate surface area is 85.0 Å². The van der Waals surface area contributed by atoms with Crippen LogP contribution in [0.2, 0.25) is 0 Å². The van der Waals surface area contributed by atoms with Crippen molar-refractivity contribution < 1.29 is 19.4 Å². The standard InChI is InChI=1S/C8H8ClNO4/c1-2-14-8(13)6-4(9)3-5(11)10-7(6)12/h3,13H,2H2,1H3,(H,10,11,12)/b8-6-. The van der Waals surface area contributed by atoms with Gasteiger partial charge in [0, 0.05) is 6.08 Å². The third-order valence-electron chi connectivity index (χ3n) is 1.46. The summed E-state index contributed by atoms with van der Waals surface area (Å²) < 4.78 is 4.70. The maximum Gasteiger partial charge on any atom is 0.291 e. The number of hydrogen-bond acceptors (Lipinski definition) is 4. The number of aliphatic hydroxyl groups is 1. The summed E-state index contributed by atoms with van der Waals surface area (Å²) in [7, 11) is 0. The minimum Gasteiger partial charge on any atom is -0.480 e. The summed E-state index contributed by atoms with van der Waals surface area (Å²) in [5.41, 5.74) is -0.229. The molecule has 0 bridgehead atoms. The highest BCUT2D eigenvalue weighted by molar-refractivity contribution is 6.39. The molecule has 0 saturated heterocycles. The lowest BCUT2D eigenvalue weighted by atomic mass is 10.2. The van der Waals surface area contributed by atoms with Gasteiger partial charge in [0.1, 0.15) is 5.57 Å². The summed E-state index contributed by atoms with van der Waals surface area (Å²) in [5, 5.41) is 11.1. The number of carbonyl (C=O) groups is 2. The topological polar surface area (TPSA) is 75.6 Å². The van der Waals surface area contributed by atoms with Crippen LogP contribution < -0.4 is 5.32 Å². The summed E-state index contributed by atoms with van der Waals surface area (Å²) >= 11 is 5.58. The molecule has 2 amide bonds. The van der Waals surface area contributed by atoms with Gasteiger partial charge in [0.25, 0.3) is 17.8 Å². The third-order valence-corrected chi connectivity index (χ3v) is 1.75. The molecule has 1 heterocycles. The molecular weight excluding hydrogens is 210 g/mol. The lowest BCUT2D eigenvalue weighted by Crippen LogP contribution is -2.35. The number of halogens is 1. The van der Waals surface area contributed by atoms with E-state index >= 15 is 0 Å². The van der Waals surface area contributed by atoms with Crippen LogP contribution in [0.4, 0.5) is 0 Å². The van der Waals surface area contributed by atoms with Crippen LogP contribution in [0.15, 0.2) is 22.6 Å². The molecule has 0 spiro atoms. The van der Waals surface area contributed by atoms with Gasteiger partial charge in [-0.25, -0.2) is 0 Å². The fourth-order valence-electron chi connectivity index (χ4n) is 0.914. The van der Waals surface area contributed by atoms with Crippen molar-refractivity contribution in [2.24, 2.45) is 0 Å². The van der Waals surface area contributed by atoms with Gasteiger partial charge < -0.3 is 9.84 Å². The quantitative estimate of drug-likeness (QED) is 0.403. The zero-order valence-electron chi connectivity index (χ0n) is 7.33. The van der Waals surface area contributed by atoms with Gasteiger partial charge in [0.05, 0.1) is 11.6 Å². The minimum absolute atomic E-state index is 0.135. The molecule has 5 nitrogen and oxygen atoms in total. The van der Waals surface area contributed by atoms with Crippen LogP contribution >= 0.6 is 11.6 Å². The van der Waals surface area contributed by atoms with Crippen molar-refractivity contribution in [3.8, 4) is 0 Å². The molecule has 0 saturated carbocycles. The predicted octanol–water partition coefficient (Wildman–Crippen LogP) is 0.572. The summed E-state index contributed by atoms with van der Waals surface area (Å²) in [6, 6.07) is 0. The summed E-state index contributed by atoms with van der Waals surface area (Å²) in [6.07, 6.45) is 0.994. The van der Waals surface area contributed by atoms with Crippen molar-refractivity contribution in [2.75, 3.05) is 6.61 Å². The smallest absolute Gasteiger partial charge is 0.291 e. The minimum atomic E-state index is -0.770. The van der Waals surface area contributed by atoms with E-state index in [4.69, 9.17) is 16.3 Å². The molecule has 0 aromatic heterocycles. The number of ether oxygens (including phenoxy) is 1. The van der Waals surface area contributed by atoms with Gasteiger partial charge in [-0.2, -0.15) is 0 Å². The van der Waals surface area contributed by atoms with Gasteiger partial charge in [-0.15, -0.1) is 0 Å². The Hall–Kier alpha value is -1.49. The molecule has 0 atom stereocenters. The van der Waals surface area contributed by atoms with E-state index in [1.54, 1.807) is 6.92 Å². The van der Waals surface area contributed by atoms with E-state index in [2.05, 4.69) is 0 Å². The molecule has 0 radical (unpaired) electrons. The highest BCUT2D eigenvalue weighted by Crippen LogP contribution is 2.21. The van der Waals surface area contributed by atoms with Crippen molar-refractivity contribution in [3.05, 3.63) is 22.6 Å². The van der Waals surface area contributed by atoms with Crippen LogP contribution in [-0.2, 0) is 14.3 Å². The first-order chi connectivity index (χ1) is 6.56. The molecule has 0 aromatic carbocycles. The number of amides is 2. The Bertz CT molecular complexity index is 345. The van der Waals surface area contributed by atoms with Crippen LogP contribution in [-0.4, -0.2) is 23.5 Å². The first kappa shape index (κ1) is 10.6. The molecule has 0 aliphatic carbocycles. The average Bonchev–Trinajstić information content (AvgIpc) is 2.01. The number of imide groups is 1. The first-order valence-electron chi connectivity index (χ1n) is 3.85. The maximum absolute atomic E-state index is 11.2. The van der Waals surface area contributed by atoms with Crippen LogP contribution in [0.25, 0.3) is 0 Å². The van der Waals surface area contributed by atoms with E-state index in [0.29, 0.717) is 0 Å². The maximum atomic E-state index is 11.2. The van der Waals surface area contributed by atoms with Gasteiger partial charge in [0.2, 0.25) is 0 Å². The van der Waals surface area contributed by atoms with E-state index in [-0.39, 0.29) is 17.2 Å². The molecule has 0 aromatic rings. The molecule has 0 fully saturated rings. The van der Waals surface area contributed by atoms with Crippen LogP contribution in [0.3, 0.4) is 0 Å². The van der Waals surface area contributed by atoms with E-state index < -0.39 is 17.8 Å². The molecule has 6 heteroatoms. The Balaban J connectivity index is 3.09. The fourth-order valence-corrected chi connectivity index (χ4v) is 1.18. The second-order valence-electron chi connectivity index (χ2n) is 2.42. The Morgan fingerprint density at radius 3 is 2.79 bits per heavy atom. The van der Waals surface area contributed by atoms with Crippen molar-refractivity contribution in [1.29, 1.82) is 0 Å². The van der Waals surface area contributed by atoms with Crippen molar-refractivity contribution >= 4 is 23.4 Å². The molecule has 0 unspecified atom stereocenters. The normalized spacial score (nSPS) is 20.0. The predicted molar refractivity (Wildman–Crippen MR) is 48.4 cm³/mol. The largest absolute Gasteiger partial charge is 0.480 e. The number of hydrogen-bond donors (Lipinski definition) is 2. The van der Waals surface area contributed by atoms with Crippen molar-refractivity contribution in [2.45, 2.75) is 6.92 Å². The Morgan fingerprint density at radius 1 is 1.64 bits per heavy atom. The SMILES string of the molecule is CCO/C(O)=C1\C(=O)NC(=O)C=C1Cl. The Morgan fingerprint density at radius 2 is 2.29 bits per heavy atom. The first-order valence-corrected chi connectivity index (χ1v) is 4.23. The zero-order valence-corrected chi connectivity index (χ0v) is 8.09. The highest BCUT2D eigenvalue weighted by Gasteiger charge is 2.26. The number of rotatable bonds is 2. The van der Waals surface area contributed by atoms with Gasteiger partial charge in [0.15, 0.2) is 0 Å². The highest BCUT2D eigenvalue weighted by atomic mass is 35.5. The van der Waals surface area contributed by atoms with E-state index in [1.165, 1.54) is 0 Å².